The van der Waals surface area contributed by atoms with Crippen LogP contribution in [0.25, 0.3) is 16.9 Å². The molecule has 6 heteroatoms. The van der Waals surface area contributed by atoms with Crippen LogP contribution in [0.2, 0.25) is 5.02 Å². The number of nitrogens with one attached hydrogen (secondary N) is 1. The van der Waals surface area contributed by atoms with Crippen LogP contribution < -0.4 is 5.32 Å². The summed E-state index contributed by atoms with van der Waals surface area (Å²) >= 11 is 7.80. The molecule has 0 fully saturated rings. The first-order valence-corrected chi connectivity index (χ1v) is 7.39. The fraction of sp³-hybridized carbons (Fsp3) is 0.143. The standard InChI is InChI=1S/C14H13ClN4S/c1-9-10(12-8-20-14(16-2)18-12)7-17-19(9)13-6-4-3-5-11(13)15/h3-8H,1-2H3,(H,16,18). The first-order chi connectivity index (χ1) is 9.70. The molecule has 1 N–H and O–H groups in total. The van der Waals surface area contributed by atoms with Crippen molar-refractivity contribution in [2.75, 3.05) is 12.4 Å². The SMILES string of the molecule is CNc1nc(-c2cnn(-c3ccccc3Cl)c2C)cs1. The van der Waals surface area contributed by atoms with Crippen LogP contribution >= 0.6 is 22.9 Å². The lowest BCUT2D eigenvalue weighted by molar-refractivity contribution is 0.847. The molecule has 0 aliphatic carbocycles. The maximum atomic E-state index is 6.23. The molecule has 0 saturated carbocycles. The monoisotopic (exact) mass is 304 g/mol. The van der Waals surface area contributed by atoms with Crippen LogP contribution in [0.5, 0.6) is 0 Å². The number of hydrogen-bond acceptors (Lipinski definition) is 4. The highest BCUT2D eigenvalue weighted by molar-refractivity contribution is 7.14. The Hall–Kier alpha value is -1.85. The first kappa shape index (κ1) is 13.1. The molecular formula is C14H13ClN4S. The maximum absolute atomic E-state index is 6.23. The lowest BCUT2D eigenvalue weighted by Gasteiger charge is -2.06. The summed E-state index contributed by atoms with van der Waals surface area (Å²) in [6.07, 6.45) is 1.83. The average Bonchev–Trinajstić information content (AvgIpc) is 3.06. The largest absolute Gasteiger partial charge is 0.365 e. The van der Waals surface area contributed by atoms with Gasteiger partial charge in [-0.1, -0.05) is 23.7 Å². The van der Waals surface area contributed by atoms with Crippen LogP contribution in [0.3, 0.4) is 0 Å². The smallest absolute Gasteiger partial charge is 0.182 e. The van der Waals surface area contributed by atoms with Gasteiger partial charge < -0.3 is 5.32 Å². The Labute approximate surface area is 126 Å². The van der Waals surface area contributed by atoms with Crippen molar-refractivity contribution in [1.82, 2.24) is 14.8 Å². The minimum absolute atomic E-state index is 0.680. The summed E-state index contributed by atoms with van der Waals surface area (Å²) in [6, 6.07) is 7.67. The second-order valence-corrected chi connectivity index (χ2v) is 5.56. The highest BCUT2D eigenvalue weighted by Crippen LogP contribution is 2.29. The molecule has 102 valence electrons. The summed E-state index contributed by atoms with van der Waals surface area (Å²) in [5, 5.41) is 11.1. The van der Waals surface area contributed by atoms with Crippen molar-refractivity contribution in [3.05, 3.63) is 46.6 Å². The number of benzene rings is 1. The lowest BCUT2D eigenvalue weighted by Crippen LogP contribution is -1.99. The zero-order valence-electron chi connectivity index (χ0n) is 11.1. The third-order valence-electron chi connectivity index (χ3n) is 3.08. The quantitative estimate of drug-likeness (QED) is 0.795. The van der Waals surface area contributed by atoms with E-state index in [1.165, 1.54) is 0 Å². The summed E-state index contributed by atoms with van der Waals surface area (Å²) in [7, 11) is 1.86. The van der Waals surface area contributed by atoms with Crippen molar-refractivity contribution >= 4 is 28.1 Å². The predicted molar refractivity (Wildman–Crippen MR) is 84.0 cm³/mol. The second kappa shape index (κ2) is 5.26. The van der Waals surface area contributed by atoms with Crippen LogP contribution in [-0.2, 0) is 0 Å². The Morgan fingerprint density at radius 2 is 2.10 bits per heavy atom. The molecule has 0 atom stereocenters. The Balaban J connectivity index is 2.07. The zero-order chi connectivity index (χ0) is 14.1. The summed E-state index contributed by atoms with van der Waals surface area (Å²) in [4.78, 5) is 4.51. The fourth-order valence-corrected chi connectivity index (χ4v) is 2.93. The molecule has 1 aromatic carbocycles. The molecule has 0 bridgehead atoms. The maximum Gasteiger partial charge on any atom is 0.182 e. The molecule has 0 aliphatic heterocycles. The van der Waals surface area contributed by atoms with E-state index in [1.807, 2.05) is 54.5 Å². The van der Waals surface area contributed by atoms with Gasteiger partial charge in [0.25, 0.3) is 0 Å². The molecule has 3 rings (SSSR count). The molecule has 2 heterocycles. The molecule has 20 heavy (non-hydrogen) atoms. The van der Waals surface area contributed by atoms with Crippen LogP contribution in [0.15, 0.2) is 35.8 Å². The molecule has 4 nitrogen and oxygen atoms in total. The summed E-state index contributed by atoms with van der Waals surface area (Å²) < 4.78 is 1.84. The minimum Gasteiger partial charge on any atom is -0.365 e. The number of rotatable bonds is 3. The van der Waals surface area contributed by atoms with Crippen molar-refractivity contribution in [2.24, 2.45) is 0 Å². The Kier molecular flexibility index (Phi) is 3.46. The van der Waals surface area contributed by atoms with E-state index in [0.29, 0.717) is 5.02 Å². The van der Waals surface area contributed by atoms with Crippen molar-refractivity contribution in [1.29, 1.82) is 0 Å². The van der Waals surface area contributed by atoms with Crippen molar-refractivity contribution in [3.8, 4) is 16.9 Å². The Morgan fingerprint density at radius 3 is 2.80 bits per heavy atom. The van der Waals surface area contributed by atoms with Crippen molar-refractivity contribution < 1.29 is 0 Å². The Bertz CT molecular complexity index is 747. The molecule has 0 spiro atoms. The summed E-state index contributed by atoms with van der Waals surface area (Å²) in [5.41, 5.74) is 3.84. The van der Waals surface area contributed by atoms with Crippen molar-refractivity contribution in [2.45, 2.75) is 6.92 Å². The highest BCUT2D eigenvalue weighted by Gasteiger charge is 2.14. The van der Waals surface area contributed by atoms with Crippen molar-refractivity contribution in [3.63, 3.8) is 0 Å². The number of halogens is 1. The molecular weight excluding hydrogens is 292 g/mol. The summed E-state index contributed by atoms with van der Waals surface area (Å²) in [5.74, 6) is 0. The zero-order valence-corrected chi connectivity index (χ0v) is 12.7. The molecule has 0 amide bonds. The van der Waals surface area contributed by atoms with Gasteiger partial charge in [0.05, 0.1) is 28.3 Å². The number of hydrogen-bond donors (Lipinski definition) is 1. The first-order valence-electron chi connectivity index (χ1n) is 6.14. The highest BCUT2D eigenvalue weighted by atomic mass is 35.5. The fourth-order valence-electron chi connectivity index (χ4n) is 2.04. The van der Waals surface area contributed by atoms with Gasteiger partial charge in [0.2, 0.25) is 0 Å². The van der Waals surface area contributed by atoms with Gasteiger partial charge in [0.15, 0.2) is 5.13 Å². The van der Waals surface area contributed by atoms with Gasteiger partial charge in [0, 0.05) is 18.0 Å². The Morgan fingerprint density at radius 1 is 1.30 bits per heavy atom. The van der Waals surface area contributed by atoms with E-state index in [-0.39, 0.29) is 0 Å². The number of thiazole rings is 1. The third-order valence-corrected chi connectivity index (χ3v) is 4.26. The van der Waals surface area contributed by atoms with E-state index >= 15 is 0 Å². The molecule has 0 saturated heterocycles. The molecule has 3 aromatic rings. The van der Waals surface area contributed by atoms with Gasteiger partial charge in [-0.05, 0) is 19.1 Å². The van der Waals surface area contributed by atoms with Crippen LogP contribution in [0.1, 0.15) is 5.69 Å². The van der Waals surface area contributed by atoms with E-state index in [2.05, 4.69) is 15.4 Å². The molecule has 2 aromatic heterocycles. The topological polar surface area (TPSA) is 42.7 Å². The molecule has 0 aliphatic rings. The van der Waals surface area contributed by atoms with Gasteiger partial charge in [-0.15, -0.1) is 11.3 Å². The average molecular weight is 305 g/mol. The van der Waals surface area contributed by atoms with Crippen LogP contribution in [-0.4, -0.2) is 21.8 Å². The number of para-hydroxylation sites is 1. The lowest BCUT2D eigenvalue weighted by atomic mass is 10.2. The number of nitrogens with zero attached hydrogens (tertiary/aromatic N) is 3. The second-order valence-electron chi connectivity index (χ2n) is 4.29. The van der Waals surface area contributed by atoms with Gasteiger partial charge in [-0.3, -0.25) is 0 Å². The minimum atomic E-state index is 0.680. The van der Waals surface area contributed by atoms with E-state index in [0.717, 1.165) is 27.8 Å². The van der Waals surface area contributed by atoms with E-state index in [1.54, 1.807) is 11.3 Å². The third kappa shape index (κ3) is 2.19. The predicted octanol–water partition coefficient (Wildman–Crippen LogP) is 4.00. The normalized spacial score (nSPS) is 10.8. The van der Waals surface area contributed by atoms with Crippen LogP contribution in [0.4, 0.5) is 5.13 Å². The van der Waals surface area contributed by atoms with Gasteiger partial charge in [0.1, 0.15) is 0 Å². The molecule has 0 unspecified atom stereocenters. The van der Waals surface area contributed by atoms with E-state index < -0.39 is 0 Å². The van der Waals surface area contributed by atoms with Gasteiger partial charge >= 0.3 is 0 Å². The van der Waals surface area contributed by atoms with Gasteiger partial charge in [-0.25, -0.2) is 9.67 Å². The van der Waals surface area contributed by atoms with Crippen LogP contribution in [0, 0.1) is 6.92 Å². The number of aromatic nitrogens is 3. The van der Waals surface area contributed by atoms with E-state index in [4.69, 9.17) is 11.6 Å². The van der Waals surface area contributed by atoms with E-state index in [9.17, 15) is 0 Å². The van der Waals surface area contributed by atoms with Gasteiger partial charge in [-0.2, -0.15) is 5.10 Å². The summed E-state index contributed by atoms with van der Waals surface area (Å²) in [6.45, 7) is 2.02. The number of anilines is 1. The molecule has 0 radical (unpaired) electrons.